The van der Waals surface area contributed by atoms with Gasteiger partial charge in [0.1, 0.15) is 29.7 Å². The molecule has 1 aliphatic rings. The van der Waals surface area contributed by atoms with E-state index < -0.39 is 0 Å². The molecule has 8 nitrogen and oxygen atoms in total. The van der Waals surface area contributed by atoms with Gasteiger partial charge in [-0.15, -0.1) is 0 Å². The first-order chi connectivity index (χ1) is 15.3. The number of aromatic nitrogens is 3. The molecule has 0 unspecified atom stereocenters. The van der Waals surface area contributed by atoms with E-state index in [2.05, 4.69) is 20.2 Å². The van der Waals surface area contributed by atoms with E-state index in [0.717, 1.165) is 41.1 Å². The normalized spacial score (nSPS) is 14.1. The number of carbonyl (C=O) groups is 1. The molecule has 1 aromatic carbocycles. The number of hydrogen-bond acceptors (Lipinski definition) is 6. The van der Waals surface area contributed by atoms with Gasteiger partial charge in [-0.1, -0.05) is 30.3 Å². The summed E-state index contributed by atoms with van der Waals surface area (Å²) in [7, 11) is 0. The Labute approximate surface area is 179 Å². The van der Waals surface area contributed by atoms with Crippen molar-refractivity contribution in [2.75, 3.05) is 31.2 Å². The van der Waals surface area contributed by atoms with Gasteiger partial charge in [0.05, 0.1) is 26.0 Å². The summed E-state index contributed by atoms with van der Waals surface area (Å²) in [6.45, 7) is 3.33. The van der Waals surface area contributed by atoms with Crippen molar-refractivity contribution in [3.8, 4) is 11.1 Å². The highest BCUT2D eigenvalue weighted by atomic mass is 16.5. The molecule has 0 bridgehead atoms. The Morgan fingerprint density at radius 1 is 1.06 bits per heavy atom. The molecule has 158 valence electrons. The Kier molecular flexibility index (Phi) is 5.37. The highest BCUT2D eigenvalue weighted by Gasteiger charge is 2.22. The van der Waals surface area contributed by atoms with Gasteiger partial charge in [0.25, 0.3) is 0 Å². The van der Waals surface area contributed by atoms with Crippen LogP contribution in [0.4, 0.5) is 5.82 Å². The molecule has 0 radical (unpaired) electrons. The van der Waals surface area contributed by atoms with Crippen LogP contribution in [0.2, 0.25) is 0 Å². The number of amides is 1. The minimum absolute atomic E-state index is 0.107. The largest absolute Gasteiger partial charge is 0.467 e. The van der Waals surface area contributed by atoms with Crippen molar-refractivity contribution in [1.82, 2.24) is 19.9 Å². The number of carbonyl (C=O) groups excluding carboxylic acids is 1. The van der Waals surface area contributed by atoms with Crippen LogP contribution in [0, 0.1) is 0 Å². The number of nitrogens with zero attached hydrogens (tertiary/aromatic N) is 4. The topological polar surface area (TPSA) is 85.4 Å². The Morgan fingerprint density at radius 2 is 1.90 bits per heavy atom. The lowest BCUT2D eigenvalue weighted by molar-refractivity contribution is -0.121. The molecule has 1 fully saturated rings. The van der Waals surface area contributed by atoms with Crippen LogP contribution in [0.3, 0.4) is 0 Å². The second-order valence-electron chi connectivity index (χ2n) is 7.39. The highest BCUT2D eigenvalue weighted by molar-refractivity contribution is 5.99. The molecule has 31 heavy (non-hydrogen) atoms. The van der Waals surface area contributed by atoms with E-state index in [0.29, 0.717) is 25.5 Å². The Balaban J connectivity index is 1.52. The molecule has 1 N–H and O–H groups in total. The number of fused-ring (bicyclic) bond motifs is 1. The number of rotatable bonds is 6. The van der Waals surface area contributed by atoms with Gasteiger partial charge in [-0.2, -0.15) is 0 Å². The lowest BCUT2D eigenvalue weighted by atomic mass is 10.1. The number of ether oxygens (including phenoxy) is 1. The smallest absolute Gasteiger partial charge is 0.240 e. The fraction of sp³-hybridized carbons (Fsp3) is 0.261. The number of furan rings is 1. The third-order valence-corrected chi connectivity index (χ3v) is 5.38. The summed E-state index contributed by atoms with van der Waals surface area (Å²) in [5, 5.41) is 2.92. The first kappa shape index (κ1) is 19.3. The second-order valence-corrected chi connectivity index (χ2v) is 7.39. The average Bonchev–Trinajstić information content (AvgIpc) is 3.47. The van der Waals surface area contributed by atoms with E-state index >= 15 is 0 Å². The molecule has 1 saturated heterocycles. The molecule has 0 atom stereocenters. The maximum Gasteiger partial charge on any atom is 0.240 e. The van der Waals surface area contributed by atoms with Crippen LogP contribution in [-0.2, 0) is 22.6 Å². The van der Waals surface area contributed by atoms with Crippen LogP contribution in [0.25, 0.3) is 22.2 Å². The van der Waals surface area contributed by atoms with Crippen molar-refractivity contribution in [1.29, 1.82) is 0 Å². The lowest BCUT2D eigenvalue weighted by Gasteiger charge is -2.28. The third kappa shape index (κ3) is 4.02. The van der Waals surface area contributed by atoms with Crippen molar-refractivity contribution >= 4 is 22.8 Å². The van der Waals surface area contributed by atoms with Crippen LogP contribution < -0.4 is 10.2 Å². The number of nitrogens with one attached hydrogen (secondary N) is 1. The van der Waals surface area contributed by atoms with E-state index in [1.54, 1.807) is 18.7 Å². The highest BCUT2D eigenvalue weighted by Crippen LogP contribution is 2.33. The fourth-order valence-corrected chi connectivity index (χ4v) is 3.88. The fourth-order valence-electron chi connectivity index (χ4n) is 3.88. The van der Waals surface area contributed by atoms with Crippen LogP contribution >= 0.6 is 0 Å². The maximum absolute atomic E-state index is 12.7. The summed E-state index contributed by atoms with van der Waals surface area (Å²) < 4.78 is 12.8. The van der Waals surface area contributed by atoms with E-state index in [4.69, 9.17) is 9.15 Å². The Bertz CT molecular complexity index is 1160. The van der Waals surface area contributed by atoms with Gasteiger partial charge in [0, 0.05) is 24.8 Å². The van der Waals surface area contributed by atoms with Gasteiger partial charge in [0.2, 0.25) is 5.91 Å². The SMILES string of the molecule is O=C(Cn1cc(-c2ccccc2)c2ncnc(N3CCOCC3)c21)NCc1ccco1. The van der Waals surface area contributed by atoms with Crippen molar-refractivity contribution in [3.05, 3.63) is 67.0 Å². The molecule has 8 heteroatoms. The van der Waals surface area contributed by atoms with Crippen LogP contribution in [0.1, 0.15) is 5.76 Å². The standard InChI is InChI=1S/C23H23N5O3/c29-20(24-13-18-7-4-10-31-18)15-28-14-19(17-5-2-1-3-6-17)21-22(28)23(26-16-25-21)27-8-11-30-12-9-27/h1-7,10,14,16H,8-9,11-13,15H2,(H,24,29). The molecule has 5 rings (SSSR count). The molecule has 1 aliphatic heterocycles. The van der Waals surface area contributed by atoms with E-state index in [1.165, 1.54) is 0 Å². The zero-order valence-corrected chi connectivity index (χ0v) is 17.0. The molecular weight excluding hydrogens is 394 g/mol. The minimum atomic E-state index is -0.107. The van der Waals surface area contributed by atoms with Crippen LogP contribution in [0.5, 0.6) is 0 Å². The summed E-state index contributed by atoms with van der Waals surface area (Å²) in [6, 6.07) is 13.7. The first-order valence-corrected chi connectivity index (χ1v) is 10.3. The van der Waals surface area contributed by atoms with Gasteiger partial charge in [0.15, 0.2) is 5.82 Å². The lowest BCUT2D eigenvalue weighted by Crippen LogP contribution is -2.37. The van der Waals surface area contributed by atoms with Crippen molar-refractivity contribution < 1.29 is 13.9 Å². The summed E-state index contributed by atoms with van der Waals surface area (Å²) >= 11 is 0. The van der Waals surface area contributed by atoms with Crippen molar-refractivity contribution in [3.63, 3.8) is 0 Å². The third-order valence-electron chi connectivity index (χ3n) is 5.38. The number of morpholine rings is 1. The number of anilines is 1. The predicted octanol–water partition coefficient (Wildman–Crippen LogP) is 2.84. The van der Waals surface area contributed by atoms with Gasteiger partial charge in [-0.3, -0.25) is 4.79 Å². The molecule has 0 saturated carbocycles. The van der Waals surface area contributed by atoms with Crippen LogP contribution in [0.15, 0.2) is 65.7 Å². The zero-order valence-electron chi connectivity index (χ0n) is 17.0. The monoisotopic (exact) mass is 417 g/mol. The average molecular weight is 417 g/mol. The zero-order chi connectivity index (χ0) is 21.0. The quantitative estimate of drug-likeness (QED) is 0.519. The maximum atomic E-state index is 12.7. The van der Waals surface area contributed by atoms with Crippen molar-refractivity contribution in [2.24, 2.45) is 0 Å². The van der Waals surface area contributed by atoms with E-state index in [9.17, 15) is 4.79 Å². The van der Waals surface area contributed by atoms with E-state index in [1.807, 2.05) is 47.2 Å². The Hall–Kier alpha value is -3.65. The second kappa shape index (κ2) is 8.61. The molecule has 3 aromatic heterocycles. The molecular formula is C23H23N5O3. The van der Waals surface area contributed by atoms with Gasteiger partial charge in [-0.05, 0) is 17.7 Å². The van der Waals surface area contributed by atoms with E-state index in [-0.39, 0.29) is 12.5 Å². The number of hydrogen-bond donors (Lipinski definition) is 1. The Morgan fingerprint density at radius 3 is 2.68 bits per heavy atom. The van der Waals surface area contributed by atoms with Crippen LogP contribution in [-0.4, -0.2) is 46.7 Å². The summed E-state index contributed by atoms with van der Waals surface area (Å²) in [6.07, 6.45) is 5.19. The molecule has 0 aliphatic carbocycles. The molecule has 0 spiro atoms. The van der Waals surface area contributed by atoms with Crippen molar-refractivity contribution in [2.45, 2.75) is 13.1 Å². The summed E-state index contributed by atoms with van der Waals surface area (Å²) in [4.78, 5) is 24.1. The molecule has 4 aromatic rings. The molecule has 4 heterocycles. The number of benzene rings is 1. The first-order valence-electron chi connectivity index (χ1n) is 10.3. The summed E-state index contributed by atoms with van der Waals surface area (Å²) in [5.74, 6) is 1.44. The predicted molar refractivity (Wildman–Crippen MR) is 117 cm³/mol. The van der Waals surface area contributed by atoms with Gasteiger partial charge < -0.3 is 23.9 Å². The minimum Gasteiger partial charge on any atom is -0.467 e. The molecule has 1 amide bonds. The summed E-state index contributed by atoms with van der Waals surface area (Å²) in [5.41, 5.74) is 3.72. The van der Waals surface area contributed by atoms with Gasteiger partial charge >= 0.3 is 0 Å². The van der Waals surface area contributed by atoms with Gasteiger partial charge in [-0.25, -0.2) is 9.97 Å².